The lowest BCUT2D eigenvalue weighted by Gasteiger charge is -2.30. The predicted molar refractivity (Wildman–Crippen MR) is 148 cm³/mol. The van der Waals surface area contributed by atoms with E-state index in [0.717, 1.165) is 17.3 Å². The number of carbonyl (C=O) groups is 3. The Morgan fingerprint density at radius 2 is 1.74 bits per heavy atom. The zero-order valence-corrected chi connectivity index (χ0v) is 21.7. The number of hydrogen-bond donors (Lipinski definition) is 2. The van der Waals surface area contributed by atoms with Gasteiger partial charge in [-0.3, -0.25) is 19.3 Å². The standard InChI is InChI=1S/C28H24FN5O4S/c1-38-23-9-5-4-8-21(23)31-25(36)16-39-28-32-20-7-3-2-6-19(20)26-33-27(37)22(34(26)28)14-24(35)30-15-17-10-12-18(29)13-11-17/h2-13,22H,14-16H2,1H3,(H,30,35)(H,31,36). The van der Waals surface area contributed by atoms with Crippen LogP contribution in [0.15, 0.2) is 82.8 Å². The molecular weight excluding hydrogens is 521 g/mol. The predicted octanol–water partition coefficient (Wildman–Crippen LogP) is 3.87. The van der Waals surface area contributed by atoms with Crippen molar-refractivity contribution in [3.05, 3.63) is 89.7 Å². The fraction of sp³-hybridized carbons (Fsp3) is 0.179. The molecule has 0 aliphatic carbocycles. The number of amides is 3. The van der Waals surface area contributed by atoms with Crippen LogP contribution in [0.4, 0.5) is 15.8 Å². The number of hydrogen-bond acceptors (Lipinski definition) is 7. The normalized spacial score (nSPS) is 15.6. The minimum atomic E-state index is -0.912. The molecule has 2 N–H and O–H groups in total. The SMILES string of the molecule is COc1ccccc1NC(=O)CSC1=Nc2ccccc2C2=NC(=O)C(CC(=O)NCc3ccc(F)cc3)N12. The van der Waals surface area contributed by atoms with E-state index < -0.39 is 11.9 Å². The molecule has 3 aromatic carbocycles. The first kappa shape index (κ1) is 26.1. The van der Waals surface area contributed by atoms with Crippen molar-refractivity contribution >= 4 is 51.9 Å². The Kier molecular flexibility index (Phi) is 7.69. The molecular formula is C28H24FN5O4S. The number of aliphatic imine (C=N–C) groups is 2. The summed E-state index contributed by atoms with van der Waals surface area (Å²) in [5.74, 6) is -0.556. The fourth-order valence-electron chi connectivity index (χ4n) is 4.22. The molecule has 1 unspecified atom stereocenters. The monoisotopic (exact) mass is 545 g/mol. The number of amidine groups is 2. The Morgan fingerprint density at radius 1 is 1.00 bits per heavy atom. The van der Waals surface area contributed by atoms with Gasteiger partial charge in [-0.25, -0.2) is 9.38 Å². The molecule has 0 aromatic heterocycles. The largest absolute Gasteiger partial charge is 0.495 e. The van der Waals surface area contributed by atoms with Crippen molar-refractivity contribution in [1.82, 2.24) is 10.2 Å². The maximum absolute atomic E-state index is 13.2. The van der Waals surface area contributed by atoms with E-state index in [1.807, 2.05) is 18.2 Å². The Labute approximate surface area is 228 Å². The van der Waals surface area contributed by atoms with Crippen LogP contribution in [0.5, 0.6) is 5.75 Å². The molecule has 0 radical (unpaired) electrons. The number of para-hydroxylation sites is 3. The Bertz CT molecular complexity index is 1490. The number of methoxy groups -OCH3 is 1. The van der Waals surface area contributed by atoms with Gasteiger partial charge < -0.3 is 15.4 Å². The maximum atomic E-state index is 13.2. The van der Waals surface area contributed by atoms with E-state index in [1.165, 1.54) is 19.2 Å². The van der Waals surface area contributed by atoms with Gasteiger partial charge in [0, 0.05) is 12.1 Å². The van der Waals surface area contributed by atoms with Crippen LogP contribution in [0.2, 0.25) is 0 Å². The van der Waals surface area contributed by atoms with E-state index in [0.29, 0.717) is 33.7 Å². The summed E-state index contributed by atoms with van der Waals surface area (Å²) in [5.41, 5.74) is 2.55. The summed E-state index contributed by atoms with van der Waals surface area (Å²) in [6.45, 7) is 0.190. The molecule has 39 heavy (non-hydrogen) atoms. The molecule has 0 fully saturated rings. The van der Waals surface area contributed by atoms with Gasteiger partial charge in [-0.2, -0.15) is 4.99 Å². The van der Waals surface area contributed by atoms with Crippen molar-refractivity contribution in [2.75, 3.05) is 18.2 Å². The van der Waals surface area contributed by atoms with E-state index >= 15 is 0 Å². The second-order valence-electron chi connectivity index (χ2n) is 8.72. The Balaban J connectivity index is 1.31. The average Bonchev–Trinajstić information content (AvgIpc) is 3.27. The molecule has 11 heteroatoms. The molecule has 0 saturated heterocycles. The van der Waals surface area contributed by atoms with Gasteiger partial charge in [0.25, 0.3) is 5.91 Å². The van der Waals surface area contributed by atoms with E-state index in [4.69, 9.17) is 9.73 Å². The number of fused-ring (bicyclic) bond motifs is 3. The number of halogens is 1. The maximum Gasteiger partial charge on any atom is 0.271 e. The molecule has 2 heterocycles. The summed E-state index contributed by atoms with van der Waals surface area (Å²) >= 11 is 1.15. The number of benzene rings is 3. The molecule has 9 nitrogen and oxygen atoms in total. The van der Waals surface area contributed by atoms with Crippen molar-refractivity contribution in [3.63, 3.8) is 0 Å². The summed E-state index contributed by atoms with van der Waals surface area (Å²) in [6.07, 6.45) is -0.164. The van der Waals surface area contributed by atoms with Crippen molar-refractivity contribution < 1.29 is 23.5 Å². The number of ether oxygens (including phenoxy) is 1. The van der Waals surface area contributed by atoms with Crippen LogP contribution in [0.1, 0.15) is 17.5 Å². The second kappa shape index (κ2) is 11.5. The summed E-state index contributed by atoms with van der Waals surface area (Å²) in [4.78, 5) is 49.1. The number of nitrogens with zero attached hydrogens (tertiary/aromatic N) is 3. The lowest BCUT2D eigenvalue weighted by atomic mass is 10.1. The van der Waals surface area contributed by atoms with Crippen LogP contribution in [0.25, 0.3) is 0 Å². The van der Waals surface area contributed by atoms with Crippen molar-refractivity contribution in [3.8, 4) is 5.75 Å². The molecule has 0 bridgehead atoms. The van der Waals surface area contributed by atoms with Crippen LogP contribution >= 0.6 is 11.8 Å². The molecule has 0 saturated carbocycles. The van der Waals surface area contributed by atoms with Gasteiger partial charge in [-0.05, 0) is 42.0 Å². The van der Waals surface area contributed by atoms with Gasteiger partial charge in [0.2, 0.25) is 11.8 Å². The summed E-state index contributed by atoms with van der Waals surface area (Å²) in [5, 5.41) is 5.99. The van der Waals surface area contributed by atoms with Gasteiger partial charge in [-0.15, -0.1) is 0 Å². The Morgan fingerprint density at radius 3 is 2.54 bits per heavy atom. The van der Waals surface area contributed by atoms with Crippen LogP contribution in [-0.4, -0.2) is 52.5 Å². The number of anilines is 1. The van der Waals surface area contributed by atoms with Gasteiger partial charge in [0.15, 0.2) is 5.17 Å². The van der Waals surface area contributed by atoms with E-state index in [2.05, 4.69) is 15.6 Å². The highest BCUT2D eigenvalue weighted by atomic mass is 32.2. The van der Waals surface area contributed by atoms with Crippen molar-refractivity contribution in [1.29, 1.82) is 0 Å². The average molecular weight is 546 g/mol. The van der Waals surface area contributed by atoms with Gasteiger partial charge in [0.1, 0.15) is 23.4 Å². The molecule has 1 atom stereocenters. The summed E-state index contributed by atoms with van der Waals surface area (Å²) in [7, 11) is 1.52. The number of thioether (sulfide) groups is 1. The first-order chi connectivity index (χ1) is 18.9. The third-order valence-electron chi connectivity index (χ3n) is 6.10. The number of carbonyl (C=O) groups excluding carboxylic acids is 3. The third-order valence-corrected chi connectivity index (χ3v) is 7.06. The molecule has 2 aliphatic heterocycles. The van der Waals surface area contributed by atoms with Crippen LogP contribution in [0, 0.1) is 5.82 Å². The van der Waals surface area contributed by atoms with E-state index in [1.54, 1.807) is 47.4 Å². The smallest absolute Gasteiger partial charge is 0.271 e. The van der Waals surface area contributed by atoms with Gasteiger partial charge >= 0.3 is 0 Å². The lowest BCUT2D eigenvalue weighted by molar-refractivity contribution is -0.126. The molecule has 2 aliphatic rings. The molecule has 0 spiro atoms. The van der Waals surface area contributed by atoms with Crippen LogP contribution in [-0.2, 0) is 20.9 Å². The summed E-state index contributed by atoms with van der Waals surface area (Å²) in [6, 6.07) is 19.2. The summed E-state index contributed by atoms with van der Waals surface area (Å²) < 4.78 is 18.5. The first-order valence-electron chi connectivity index (χ1n) is 12.1. The number of nitrogens with one attached hydrogen (secondary N) is 2. The van der Waals surface area contributed by atoms with Gasteiger partial charge in [-0.1, -0.05) is 48.2 Å². The molecule has 3 aromatic rings. The van der Waals surface area contributed by atoms with E-state index in [9.17, 15) is 18.8 Å². The van der Waals surface area contributed by atoms with Crippen LogP contribution in [0.3, 0.4) is 0 Å². The molecule has 198 valence electrons. The topological polar surface area (TPSA) is 112 Å². The zero-order valence-electron chi connectivity index (χ0n) is 20.9. The number of rotatable bonds is 8. The highest BCUT2D eigenvalue weighted by molar-refractivity contribution is 8.14. The second-order valence-corrected chi connectivity index (χ2v) is 9.66. The third kappa shape index (κ3) is 5.83. The van der Waals surface area contributed by atoms with Crippen molar-refractivity contribution in [2.45, 2.75) is 19.0 Å². The minimum Gasteiger partial charge on any atom is -0.495 e. The fourth-order valence-corrected chi connectivity index (χ4v) is 5.07. The van der Waals surface area contributed by atoms with Crippen LogP contribution < -0.4 is 15.4 Å². The highest BCUT2D eigenvalue weighted by Gasteiger charge is 2.42. The van der Waals surface area contributed by atoms with Crippen molar-refractivity contribution in [2.24, 2.45) is 9.98 Å². The molecule has 3 amide bonds. The molecule has 5 rings (SSSR count). The van der Waals surface area contributed by atoms with E-state index in [-0.39, 0.29) is 36.4 Å². The minimum absolute atomic E-state index is 0.000498. The quantitative estimate of drug-likeness (QED) is 0.445. The Hall–Kier alpha value is -4.51. The first-order valence-corrected chi connectivity index (χ1v) is 13.1. The van der Waals surface area contributed by atoms with Gasteiger partial charge in [0.05, 0.1) is 30.7 Å². The highest BCUT2D eigenvalue weighted by Crippen LogP contribution is 2.35. The lowest BCUT2D eigenvalue weighted by Crippen LogP contribution is -2.46. The zero-order chi connectivity index (χ0) is 27.4.